The summed E-state index contributed by atoms with van der Waals surface area (Å²) in [6.07, 6.45) is 6.76. The minimum Gasteiger partial charge on any atom is -0.465 e. The van der Waals surface area contributed by atoms with Crippen molar-refractivity contribution in [2.24, 2.45) is 17.3 Å². The Balaban J connectivity index is 2.89. The van der Waals surface area contributed by atoms with Gasteiger partial charge in [0, 0.05) is 6.42 Å². The summed E-state index contributed by atoms with van der Waals surface area (Å²) >= 11 is 0. The lowest BCUT2D eigenvalue weighted by Crippen LogP contribution is -2.31. The van der Waals surface area contributed by atoms with E-state index in [0.717, 1.165) is 25.0 Å². The molecule has 2 nitrogen and oxygen atoms in total. The van der Waals surface area contributed by atoms with Crippen molar-refractivity contribution < 1.29 is 9.47 Å². The molecule has 0 aromatic heterocycles. The van der Waals surface area contributed by atoms with E-state index in [1.807, 2.05) is 0 Å². The Bertz CT molecular complexity index is 539. The fourth-order valence-corrected chi connectivity index (χ4v) is 3.88. The Morgan fingerprint density at radius 2 is 1.55 bits per heavy atom. The van der Waals surface area contributed by atoms with Crippen molar-refractivity contribution >= 4 is 0 Å². The number of hydrogen-bond acceptors (Lipinski definition) is 2. The van der Waals surface area contributed by atoms with Crippen molar-refractivity contribution in [2.75, 3.05) is 0 Å². The molecule has 1 aromatic rings. The minimum absolute atomic E-state index is 0.160. The SMILES string of the molecule is CCCCC(CC)OC(CC(C)(C)C)Oc1ccc(C(CC(C)C)C(C)C)cc1. The van der Waals surface area contributed by atoms with Crippen LogP contribution in [-0.2, 0) is 4.74 Å². The van der Waals surface area contributed by atoms with Crippen molar-refractivity contribution in [3.8, 4) is 5.75 Å². The first-order valence-electron chi connectivity index (χ1n) is 12.0. The molecule has 0 aliphatic rings. The third-order valence-electron chi connectivity index (χ3n) is 5.56. The second-order valence-corrected chi connectivity index (χ2v) is 10.7. The molecule has 1 aromatic carbocycles. The Labute approximate surface area is 181 Å². The third-order valence-corrected chi connectivity index (χ3v) is 5.56. The van der Waals surface area contributed by atoms with E-state index in [2.05, 4.69) is 86.6 Å². The molecule has 0 N–H and O–H groups in total. The van der Waals surface area contributed by atoms with E-state index in [-0.39, 0.29) is 17.8 Å². The molecule has 0 aliphatic carbocycles. The van der Waals surface area contributed by atoms with Gasteiger partial charge in [-0.15, -0.1) is 0 Å². The van der Waals surface area contributed by atoms with E-state index >= 15 is 0 Å². The van der Waals surface area contributed by atoms with Crippen LogP contribution in [0.1, 0.15) is 112 Å². The second-order valence-electron chi connectivity index (χ2n) is 10.7. The van der Waals surface area contributed by atoms with Crippen LogP contribution in [0.3, 0.4) is 0 Å². The van der Waals surface area contributed by atoms with Crippen molar-refractivity contribution in [3.05, 3.63) is 29.8 Å². The van der Waals surface area contributed by atoms with Gasteiger partial charge in [0.05, 0.1) is 6.10 Å². The van der Waals surface area contributed by atoms with Crippen LogP contribution in [0.15, 0.2) is 24.3 Å². The Kier molecular flexibility index (Phi) is 11.3. The molecule has 0 amide bonds. The molecule has 168 valence electrons. The van der Waals surface area contributed by atoms with Crippen LogP contribution in [-0.4, -0.2) is 12.4 Å². The summed E-state index contributed by atoms with van der Waals surface area (Å²) in [5.74, 6) is 2.87. The topological polar surface area (TPSA) is 18.5 Å². The van der Waals surface area contributed by atoms with Crippen LogP contribution in [0.5, 0.6) is 5.75 Å². The second kappa shape index (κ2) is 12.6. The largest absolute Gasteiger partial charge is 0.465 e. The van der Waals surface area contributed by atoms with Gasteiger partial charge in [-0.1, -0.05) is 87.3 Å². The minimum atomic E-state index is -0.195. The fraction of sp³-hybridized carbons (Fsp3) is 0.778. The smallest absolute Gasteiger partial charge is 0.200 e. The molecular formula is C27H48O2. The maximum atomic E-state index is 6.43. The van der Waals surface area contributed by atoms with Crippen molar-refractivity contribution in [1.82, 2.24) is 0 Å². The summed E-state index contributed by atoms with van der Waals surface area (Å²) in [5, 5.41) is 0. The Hall–Kier alpha value is -1.02. The standard InChI is InChI=1S/C27H48O2/c1-10-12-13-23(11-2)28-26(19-27(7,8)9)29-24-16-14-22(15-17-24)25(21(5)6)18-20(3)4/h14-17,20-21,23,25-26H,10-13,18-19H2,1-9H3. The summed E-state index contributed by atoms with van der Waals surface area (Å²) in [6.45, 7) is 20.5. The van der Waals surface area contributed by atoms with Gasteiger partial charge in [-0.25, -0.2) is 0 Å². The van der Waals surface area contributed by atoms with Gasteiger partial charge in [0.2, 0.25) is 6.29 Å². The molecule has 0 saturated carbocycles. The molecule has 29 heavy (non-hydrogen) atoms. The van der Waals surface area contributed by atoms with Crippen LogP contribution in [0, 0.1) is 17.3 Å². The lowest BCUT2D eigenvalue weighted by molar-refractivity contribution is -0.137. The zero-order chi connectivity index (χ0) is 22.0. The van der Waals surface area contributed by atoms with Crippen LogP contribution in [0.4, 0.5) is 0 Å². The average molecular weight is 405 g/mol. The maximum Gasteiger partial charge on any atom is 0.200 e. The summed E-state index contributed by atoms with van der Waals surface area (Å²) in [5.41, 5.74) is 1.58. The summed E-state index contributed by atoms with van der Waals surface area (Å²) in [4.78, 5) is 0. The van der Waals surface area contributed by atoms with Crippen LogP contribution in [0.2, 0.25) is 0 Å². The van der Waals surface area contributed by atoms with Crippen LogP contribution in [0.25, 0.3) is 0 Å². The quantitative estimate of drug-likeness (QED) is 0.306. The zero-order valence-corrected chi connectivity index (χ0v) is 20.8. The molecule has 1 rings (SSSR count). The van der Waals surface area contributed by atoms with Gasteiger partial charge in [0.15, 0.2) is 0 Å². The highest BCUT2D eigenvalue weighted by atomic mass is 16.7. The fourth-order valence-electron chi connectivity index (χ4n) is 3.88. The maximum absolute atomic E-state index is 6.43. The highest BCUT2D eigenvalue weighted by Crippen LogP contribution is 2.33. The molecular weight excluding hydrogens is 356 g/mol. The Morgan fingerprint density at radius 1 is 0.931 bits per heavy atom. The van der Waals surface area contributed by atoms with E-state index in [9.17, 15) is 0 Å². The average Bonchev–Trinajstić information content (AvgIpc) is 2.62. The highest BCUT2D eigenvalue weighted by molar-refractivity contribution is 5.30. The van der Waals surface area contributed by atoms with Gasteiger partial charge in [-0.2, -0.15) is 0 Å². The van der Waals surface area contributed by atoms with E-state index in [4.69, 9.17) is 9.47 Å². The zero-order valence-electron chi connectivity index (χ0n) is 20.8. The normalized spacial score (nSPS) is 15.6. The number of rotatable bonds is 13. The number of ether oxygens (including phenoxy) is 2. The molecule has 0 radical (unpaired) electrons. The van der Waals surface area contributed by atoms with Gasteiger partial charge >= 0.3 is 0 Å². The molecule has 0 saturated heterocycles. The predicted octanol–water partition coefficient (Wildman–Crippen LogP) is 8.60. The first-order chi connectivity index (χ1) is 13.6. The molecule has 0 aliphatic heterocycles. The van der Waals surface area contributed by atoms with Crippen LogP contribution >= 0.6 is 0 Å². The monoisotopic (exact) mass is 404 g/mol. The van der Waals surface area contributed by atoms with Crippen molar-refractivity contribution in [2.45, 2.75) is 119 Å². The van der Waals surface area contributed by atoms with E-state index in [1.54, 1.807) is 0 Å². The lowest BCUT2D eigenvalue weighted by Gasteiger charge is -2.30. The van der Waals surface area contributed by atoms with Crippen LogP contribution < -0.4 is 4.74 Å². The number of unbranched alkanes of at least 4 members (excludes halogenated alkanes) is 1. The van der Waals surface area contributed by atoms with Crippen molar-refractivity contribution in [3.63, 3.8) is 0 Å². The highest BCUT2D eigenvalue weighted by Gasteiger charge is 2.24. The van der Waals surface area contributed by atoms with Gasteiger partial charge in [-0.05, 0) is 60.1 Å². The molecule has 3 unspecified atom stereocenters. The van der Waals surface area contributed by atoms with E-state index in [0.29, 0.717) is 17.8 Å². The molecule has 0 spiro atoms. The van der Waals surface area contributed by atoms with Gasteiger partial charge in [0.25, 0.3) is 0 Å². The molecule has 0 fully saturated rings. The predicted molar refractivity (Wildman–Crippen MR) is 127 cm³/mol. The van der Waals surface area contributed by atoms with Gasteiger partial charge in [-0.3, -0.25) is 0 Å². The van der Waals surface area contributed by atoms with Gasteiger partial charge < -0.3 is 9.47 Å². The first kappa shape index (κ1) is 26.0. The summed E-state index contributed by atoms with van der Waals surface area (Å²) in [7, 11) is 0. The van der Waals surface area contributed by atoms with Gasteiger partial charge in [0.1, 0.15) is 5.75 Å². The molecule has 0 heterocycles. The van der Waals surface area contributed by atoms with E-state index in [1.165, 1.54) is 24.8 Å². The lowest BCUT2D eigenvalue weighted by atomic mass is 9.82. The number of hydrogen-bond donors (Lipinski definition) is 0. The Morgan fingerprint density at radius 3 is 2.00 bits per heavy atom. The van der Waals surface area contributed by atoms with Crippen molar-refractivity contribution in [1.29, 1.82) is 0 Å². The van der Waals surface area contributed by atoms with E-state index < -0.39 is 0 Å². The first-order valence-corrected chi connectivity index (χ1v) is 12.0. The third kappa shape index (κ3) is 10.5. The summed E-state index contributed by atoms with van der Waals surface area (Å²) in [6, 6.07) is 8.78. The number of benzene rings is 1. The molecule has 2 heteroatoms. The molecule has 3 atom stereocenters. The summed E-state index contributed by atoms with van der Waals surface area (Å²) < 4.78 is 12.8. The molecule has 0 bridgehead atoms.